The van der Waals surface area contributed by atoms with Crippen LogP contribution in [0.2, 0.25) is 0 Å². The summed E-state index contributed by atoms with van der Waals surface area (Å²) in [6, 6.07) is 0. The molecule has 0 aromatic carbocycles. The maximum atomic E-state index is 11.5. The largest absolute Gasteiger partial charge is 0.402 e. The Labute approximate surface area is 108 Å². The molecule has 0 unspecified atom stereocenters. The van der Waals surface area contributed by atoms with Crippen LogP contribution in [-0.2, 0) is 9.59 Å². The summed E-state index contributed by atoms with van der Waals surface area (Å²) in [5.74, 6) is 0.142. The monoisotopic (exact) mass is 254 g/mol. The number of amides is 2. The molecule has 0 aromatic heterocycles. The zero-order valence-corrected chi connectivity index (χ0v) is 11.2. The molecule has 102 valence electrons. The molecule has 0 bridgehead atoms. The van der Waals surface area contributed by atoms with Gasteiger partial charge in [0.15, 0.2) is 0 Å². The molecule has 6 nitrogen and oxygen atoms in total. The fraction of sp³-hybridized carbons (Fsp3) is 0.500. The Morgan fingerprint density at radius 2 is 1.78 bits per heavy atom. The Balaban J connectivity index is 4.67. The smallest absolute Gasteiger partial charge is 0.225 e. The maximum Gasteiger partial charge on any atom is 0.225 e. The highest BCUT2D eigenvalue weighted by Gasteiger charge is 2.12. The van der Waals surface area contributed by atoms with Crippen molar-refractivity contribution >= 4 is 12.3 Å². The number of hydrogen-bond acceptors (Lipinski definition) is 4. The Morgan fingerprint density at radius 1 is 1.17 bits per heavy atom. The van der Waals surface area contributed by atoms with Crippen molar-refractivity contribution in [3.63, 3.8) is 0 Å². The average Bonchev–Trinajstić information content (AvgIpc) is 2.31. The van der Waals surface area contributed by atoms with Crippen molar-refractivity contribution in [3.8, 4) is 0 Å². The van der Waals surface area contributed by atoms with Crippen molar-refractivity contribution in [1.29, 1.82) is 0 Å². The molecule has 2 amide bonds. The summed E-state index contributed by atoms with van der Waals surface area (Å²) in [7, 11) is 0. The van der Waals surface area contributed by atoms with Gasteiger partial charge in [0, 0.05) is 32.3 Å². The lowest BCUT2D eigenvalue weighted by Gasteiger charge is -2.24. The second-order valence-corrected chi connectivity index (χ2v) is 3.91. The Morgan fingerprint density at radius 3 is 2.17 bits per heavy atom. The van der Waals surface area contributed by atoms with Crippen LogP contribution in [0.25, 0.3) is 0 Å². The first kappa shape index (κ1) is 16.0. The first-order valence-electron chi connectivity index (χ1n) is 5.79. The predicted octanol–water partition coefficient (Wildman–Crippen LogP) is -0.0242. The number of carbonyl (C=O) groups is 2. The van der Waals surface area contributed by atoms with Crippen molar-refractivity contribution in [3.05, 3.63) is 23.7 Å². The number of allylic oxidation sites excluding steroid dienone is 3. The fourth-order valence-electron chi connectivity index (χ4n) is 1.29. The van der Waals surface area contributed by atoms with E-state index in [0.29, 0.717) is 31.2 Å². The normalized spacial score (nSPS) is 12.2. The van der Waals surface area contributed by atoms with Gasteiger partial charge in [0.05, 0.1) is 0 Å². The molecule has 4 N–H and O–H groups in total. The van der Waals surface area contributed by atoms with Crippen molar-refractivity contribution in [1.82, 2.24) is 9.80 Å². The van der Waals surface area contributed by atoms with Gasteiger partial charge < -0.3 is 16.4 Å². The Hall–Kier alpha value is -1.98. The van der Waals surface area contributed by atoms with E-state index >= 15 is 0 Å². The minimum absolute atomic E-state index is 0.172. The van der Waals surface area contributed by atoms with E-state index < -0.39 is 0 Å². The van der Waals surface area contributed by atoms with Crippen molar-refractivity contribution < 1.29 is 9.59 Å². The van der Waals surface area contributed by atoms with E-state index in [1.54, 1.807) is 24.0 Å². The van der Waals surface area contributed by atoms with Crippen LogP contribution in [0.15, 0.2) is 23.7 Å². The summed E-state index contributed by atoms with van der Waals surface area (Å²) in [5.41, 5.74) is 11.9. The van der Waals surface area contributed by atoms with Gasteiger partial charge in [0.1, 0.15) is 5.82 Å². The summed E-state index contributed by atoms with van der Waals surface area (Å²) in [5, 5.41) is 0. The standard InChI is InChI=1S/C12H22N4O2/c1-4-15(9-17)7-8-16(11(3)18)12(14)6-5-10(2)13/h5-6,9H,4,7-8,13-14H2,1-3H3/b10-5-,12-6+. The van der Waals surface area contributed by atoms with Crippen molar-refractivity contribution in [2.45, 2.75) is 20.8 Å². The molecule has 0 radical (unpaired) electrons. The summed E-state index contributed by atoms with van der Waals surface area (Å²) in [4.78, 5) is 25.1. The lowest BCUT2D eigenvalue weighted by molar-refractivity contribution is -0.128. The highest BCUT2D eigenvalue weighted by molar-refractivity contribution is 5.75. The molecule has 6 heteroatoms. The first-order valence-corrected chi connectivity index (χ1v) is 5.79. The molecule has 0 spiro atoms. The lowest BCUT2D eigenvalue weighted by Crippen LogP contribution is -2.38. The average molecular weight is 254 g/mol. The van der Waals surface area contributed by atoms with Crippen LogP contribution in [0.1, 0.15) is 20.8 Å². The summed E-state index contributed by atoms with van der Waals surface area (Å²) < 4.78 is 0. The molecule has 0 atom stereocenters. The van der Waals surface area contributed by atoms with E-state index in [-0.39, 0.29) is 5.91 Å². The van der Waals surface area contributed by atoms with Gasteiger partial charge in [-0.3, -0.25) is 14.5 Å². The molecular formula is C12H22N4O2. The van der Waals surface area contributed by atoms with Gasteiger partial charge in [-0.2, -0.15) is 0 Å². The van der Waals surface area contributed by atoms with E-state index in [4.69, 9.17) is 11.5 Å². The van der Waals surface area contributed by atoms with Crippen LogP contribution < -0.4 is 11.5 Å². The molecule has 0 fully saturated rings. The zero-order chi connectivity index (χ0) is 14.1. The van der Waals surface area contributed by atoms with E-state index in [1.807, 2.05) is 6.92 Å². The van der Waals surface area contributed by atoms with Crippen LogP contribution in [0.5, 0.6) is 0 Å². The third-order valence-electron chi connectivity index (χ3n) is 2.37. The number of likely N-dealkylation sites (N-methyl/N-ethyl adjacent to an activating group) is 1. The van der Waals surface area contributed by atoms with E-state index in [0.717, 1.165) is 6.41 Å². The summed E-state index contributed by atoms with van der Waals surface area (Å²) in [6.07, 6.45) is 3.96. The quantitative estimate of drug-likeness (QED) is 0.493. The molecule has 0 saturated heterocycles. The first-order chi connectivity index (χ1) is 8.42. The molecule has 18 heavy (non-hydrogen) atoms. The van der Waals surface area contributed by atoms with Gasteiger partial charge in [0.2, 0.25) is 12.3 Å². The topological polar surface area (TPSA) is 92.7 Å². The predicted molar refractivity (Wildman–Crippen MR) is 70.9 cm³/mol. The van der Waals surface area contributed by atoms with Crippen LogP contribution in [0.4, 0.5) is 0 Å². The van der Waals surface area contributed by atoms with Gasteiger partial charge in [0.25, 0.3) is 0 Å². The third kappa shape index (κ3) is 5.93. The SMILES string of the molecule is CCN(C=O)CCN(C(C)=O)/C(N)=C/C=C(/C)N. The highest BCUT2D eigenvalue weighted by Crippen LogP contribution is 2.00. The second-order valence-electron chi connectivity index (χ2n) is 3.91. The lowest BCUT2D eigenvalue weighted by atomic mass is 10.3. The molecule has 0 rings (SSSR count). The molecule has 0 aromatic rings. The molecule has 0 aliphatic rings. The van der Waals surface area contributed by atoms with Crippen LogP contribution in [0, 0.1) is 0 Å². The minimum Gasteiger partial charge on any atom is -0.402 e. The van der Waals surface area contributed by atoms with Crippen LogP contribution in [0.3, 0.4) is 0 Å². The van der Waals surface area contributed by atoms with Crippen molar-refractivity contribution in [2.75, 3.05) is 19.6 Å². The number of nitrogens with zero attached hydrogens (tertiary/aromatic N) is 2. The van der Waals surface area contributed by atoms with Crippen LogP contribution in [-0.4, -0.2) is 41.8 Å². The van der Waals surface area contributed by atoms with Gasteiger partial charge >= 0.3 is 0 Å². The maximum absolute atomic E-state index is 11.5. The van der Waals surface area contributed by atoms with Crippen molar-refractivity contribution in [2.24, 2.45) is 11.5 Å². The number of carbonyl (C=O) groups excluding carboxylic acids is 2. The number of nitrogens with two attached hydrogens (primary N) is 2. The van der Waals surface area contributed by atoms with E-state index in [2.05, 4.69) is 0 Å². The van der Waals surface area contributed by atoms with Gasteiger partial charge in [-0.25, -0.2) is 0 Å². The molecule has 0 aliphatic carbocycles. The van der Waals surface area contributed by atoms with Gasteiger partial charge in [-0.1, -0.05) is 0 Å². The third-order valence-corrected chi connectivity index (χ3v) is 2.37. The van der Waals surface area contributed by atoms with E-state index in [9.17, 15) is 9.59 Å². The number of rotatable bonds is 7. The molecular weight excluding hydrogens is 232 g/mol. The van der Waals surface area contributed by atoms with Gasteiger partial charge in [-0.15, -0.1) is 0 Å². The van der Waals surface area contributed by atoms with E-state index in [1.165, 1.54) is 11.8 Å². The summed E-state index contributed by atoms with van der Waals surface area (Å²) >= 11 is 0. The summed E-state index contributed by atoms with van der Waals surface area (Å²) in [6.45, 7) is 6.43. The van der Waals surface area contributed by atoms with Gasteiger partial charge in [-0.05, 0) is 26.0 Å². The Kier molecular flexibility index (Phi) is 7.26. The minimum atomic E-state index is -0.172. The highest BCUT2D eigenvalue weighted by atomic mass is 16.2. The second kappa shape index (κ2) is 8.16. The zero-order valence-electron chi connectivity index (χ0n) is 11.2. The fourth-order valence-corrected chi connectivity index (χ4v) is 1.29. The van der Waals surface area contributed by atoms with Crippen LogP contribution >= 0.6 is 0 Å². The number of hydrogen-bond donors (Lipinski definition) is 2. The molecule has 0 saturated carbocycles. The Bertz CT molecular complexity index is 346. The molecule has 0 heterocycles. The molecule has 0 aliphatic heterocycles.